The summed E-state index contributed by atoms with van der Waals surface area (Å²) in [6, 6.07) is 0. The fraction of sp³-hybridized carbons (Fsp3) is 0. The normalized spacial score (nSPS) is 8.00. The highest BCUT2D eigenvalue weighted by molar-refractivity contribution is 6.59. The molecule has 0 bridgehead atoms. The van der Waals surface area contributed by atoms with Gasteiger partial charge in [0, 0.05) is 5.26 Å². The van der Waals surface area contributed by atoms with Crippen molar-refractivity contribution in [3.63, 3.8) is 0 Å². The van der Waals surface area contributed by atoms with Crippen molar-refractivity contribution in [2.24, 2.45) is 0 Å². The first-order valence-electron chi connectivity index (χ1n) is 1.19. The van der Waals surface area contributed by atoms with Crippen LogP contribution in [0.5, 0.6) is 0 Å². The molecule has 0 heterocycles. The van der Waals surface area contributed by atoms with Crippen molar-refractivity contribution < 1.29 is 10.1 Å². The Bertz CT molecular complexity index is 84.9. The van der Waals surface area contributed by atoms with Gasteiger partial charge in [-0.3, -0.25) is 4.89 Å². The van der Waals surface area contributed by atoms with Gasteiger partial charge in [-0.25, -0.2) is 0 Å². The highest BCUT2D eigenvalue weighted by atomic mass is 35.5. The van der Waals surface area contributed by atoms with Crippen LogP contribution >= 0.6 is 34.8 Å². The highest BCUT2D eigenvalue weighted by Crippen LogP contribution is 2.17. The lowest BCUT2D eigenvalue weighted by molar-refractivity contribution is -0.260. The molecule has 0 unspecified atom stereocenters. The van der Waals surface area contributed by atoms with Crippen molar-refractivity contribution in [2.45, 2.75) is 0 Å². The van der Waals surface area contributed by atoms with Crippen LogP contribution in [-0.4, -0.2) is 0 Å². The molecule has 0 aliphatic rings. The molecule has 0 fully saturated rings. The van der Waals surface area contributed by atoms with Crippen molar-refractivity contribution in [2.75, 3.05) is 0 Å². The van der Waals surface area contributed by atoms with Crippen LogP contribution in [0.2, 0.25) is 0 Å². The van der Waals surface area contributed by atoms with Gasteiger partial charge in [-0.2, -0.15) is 0 Å². The summed E-state index contributed by atoms with van der Waals surface area (Å²) in [6.45, 7) is 0. The molecule has 0 amide bonds. The van der Waals surface area contributed by atoms with E-state index in [1.54, 1.807) is 0 Å². The van der Waals surface area contributed by atoms with Crippen LogP contribution in [-0.2, 0) is 10.1 Å². The molecule has 0 aromatic rings. The van der Waals surface area contributed by atoms with Crippen LogP contribution in [0.3, 0.4) is 0 Å². The Morgan fingerprint density at radius 2 is 1.71 bits per heavy atom. The zero-order chi connectivity index (χ0) is 5.86. The third-order valence-corrected chi connectivity index (χ3v) is 1.01. The van der Waals surface area contributed by atoms with E-state index in [0.717, 1.165) is 0 Å². The van der Waals surface area contributed by atoms with Gasteiger partial charge in [-0.05, 0) is 11.6 Å². The second-order valence-electron chi connectivity index (χ2n) is 0.617. The predicted octanol–water partition coefficient (Wildman–Crippen LogP) is 2.19. The highest BCUT2D eigenvalue weighted by Gasteiger charge is 1.96. The minimum Gasteiger partial charge on any atom is -0.290 e. The second kappa shape index (κ2) is 3.38. The van der Waals surface area contributed by atoms with E-state index < -0.39 is 5.22 Å². The summed E-state index contributed by atoms with van der Waals surface area (Å²) in [7, 11) is 0. The lowest BCUT2D eigenvalue weighted by Crippen LogP contribution is -1.72. The smallest absolute Gasteiger partial charge is 0.265 e. The topological polar surface area (TPSA) is 29.1 Å². The average Bonchev–Trinajstić information content (AvgIpc) is 1.65. The summed E-state index contributed by atoms with van der Waals surface area (Å²) in [5, 5.41) is 8.67. The molecule has 5 heteroatoms. The first kappa shape index (κ1) is 7.37. The summed E-state index contributed by atoms with van der Waals surface area (Å²) in [5.74, 6) is 0. The first-order valence-corrected chi connectivity index (χ1v) is 2.32. The first-order chi connectivity index (χ1) is 3.18. The molecule has 7 heavy (non-hydrogen) atoms. The van der Waals surface area contributed by atoms with Gasteiger partial charge in [0.25, 0.3) is 5.22 Å². The molecule has 0 aliphatic carbocycles. The largest absolute Gasteiger partial charge is 0.290 e. The molecule has 0 atom stereocenters. The quantitative estimate of drug-likeness (QED) is 0.330. The molecular formula is C2Cl3O2. The van der Waals surface area contributed by atoms with E-state index in [-0.39, 0.29) is 4.49 Å². The van der Waals surface area contributed by atoms with Crippen molar-refractivity contribution in [3.05, 3.63) is 9.71 Å². The van der Waals surface area contributed by atoms with Gasteiger partial charge in [0.2, 0.25) is 0 Å². The van der Waals surface area contributed by atoms with E-state index >= 15 is 0 Å². The van der Waals surface area contributed by atoms with Gasteiger partial charge in [-0.15, -0.1) is 0 Å². The second-order valence-corrected chi connectivity index (χ2v) is 1.91. The van der Waals surface area contributed by atoms with Gasteiger partial charge in [0.15, 0.2) is 4.49 Å². The zero-order valence-electron chi connectivity index (χ0n) is 2.95. The Labute approximate surface area is 55.2 Å². The van der Waals surface area contributed by atoms with E-state index in [0.29, 0.717) is 0 Å². The lowest BCUT2D eigenvalue weighted by atomic mass is 11.1. The third kappa shape index (κ3) is 3.00. The van der Waals surface area contributed by atoms with Crippen LogP contribution in [0.15, 0.2) is 9.71 Å². The number of hydrogen-bond acceptors (Lipinski definition) is 1. The Morgan fingerprint density at radius 3 is 1.71 bits per heavy atom. The van der Waals surface area contributed by atoms with Gasteiger partial charge in [-0.1, -0.05) is 23.2 Å². The Kier molecular flexibility index (Phi) is 3.56. The summed E-state index contributed by atoms with van der Waals surface area (Å²) in [5.41, 5.74) is 0. The zero-order valence-corrected chi connectivity index (χ0v) is 5.22. The molecule has 0 rings (SSSR count). The van der Waals surface area contributed by atoms with Gasteiger partial charge < -0.3 is 0 Å². The number of hydrogen-bond donors (Lipinski definition) is 0. The van der Waals surface area contributed by atoms with E-state index in [1.807, 2.05) is 0 Å². The monoisotopic (exact) mass is 161 g/mol. The van der Waals surface area contributed by atoms with E-state index in [1.165, 1.54) is 0 Å². The molecule has 0 N–H and O–H groups in total. The molecule has 1 radical (unpaired) electrons. The lowest BCUT2D eigenvalue weighted by Gasteiger charge is -1.84. The minimum absolute atomic E-state index is 0.364. The molecule has 41 valence electrons. The van der Waals surface area contributed by atoms with Gasteiger partial charge >= 0.3 is 0 Å². The van der Waals surface area contributed by atoms with Crippen LogP contribution in [0, 0.1) is 0 Å². The molecule has 0 saturated heterocycles. The summed E-state index contributed by atoms with van der Waals surface area (Å²) >= 11 is 14.7. The maximum Gasteiger partial charge on any atom is 0.265 e. The summed E-state index contributed by atoms with van der Waals surface area (Å²) in [6.07, 6.45) is 0. The van der Waals surface area contributed by atoms with Crippen LogP contribution in [0.4, 0.5) is 0 Å². The minimum atomic E-state index is -0.539. The SMILES string of the molecule is [O]OC(Cl)=C(Cl)Cl. The molecular weight excluding hydrogens is 162 g/mol. The number of halogens is 3. The average molecular weight is 162 g/mol. The molecule has 0 aromatic heterocycles. The maximum atomic E-state index is 9.21. The fourth-order valence-corrected chi connectivity index (χ4v) is 0.0945. The Morgan fingerprint density at radius 1 is 1.29 bits per heavy atom. The van der Waals surface area contributed by atoms with Crippen LogP contribution in [0.25, 0.3) is 0 Å². The molecule has 0 saturated carbocycles. The standard InChI is InChI=1S/C2Cl3O2/c3-1(4)2(5)7-6. The van der Waals surface area contributed by atoms with Crippen molar-refractivity contribution >= 4 is 34.8 Å². The molecule has 0 aromatic carbocycles. The van der Waals surface area contributed by atoms with Crippen molar-refractivity contribution in [1.82, 2.24) is 0 Å². The van der Waals surface area contributed by atoms with Crippen molar-refractivity contribution in [3.8, 4) is 0 Å². The number of rotatable bonds is 1. The maximum absolute atomic E-state index is 9.21. The van der Waals surface area contributed by atoms with E-state index in [2.05, 4.69) is 4.89 Å². The van der Waals surface area contributed by atoms with Crippen molar-refractivity contribution in [1.29, 1.82) is 0 Å². The Balaban J connectivity index is 3.72. The van der Waals surface area contributed by atoms with Gasteiger partial charge in [0.05, 0.1) is 0 Å². The Hall–Kier alpha value is 0.370. The van der Waals surface area contributed by atoms with Gasteiger partial charge in [0.1, 0.15) is 0 Å². The summed E-state index contributed by atoms with van der Waals surface area (Å²) < 4.78 is -0.364. The predicted molar refractivity (Wildman–Crippen MR) is 26.4 cm³/mol. The van der Waals surface area contributed by atoms with Crippen LogP contribution in [0.1, 0.15) is 0 Å². The third-order valence-electron chi connectivity index (χ3n) is 0.222. The van der Waals surface area contributed by atoms with E-state index in [4.69, 9.17) is 34.8 Å². The van der Waals surface area contributed by atoms with E-state index in [9.17, 15) is 5.26 Å². The molecule has 0 spiro atoms. The summed E-state index contributed by atoms with van der Waals surface area (Å²) in [4.78, 5) is 3.14. The molecule has 0 aliphatic heterocycles. The van der Waals surface area contributed by atoms with Crippen LogP contribution < -0.4 is 0 Å². The fourth-order valence-electron chi connectivity index (χ4n) is 0.0315. The molecule has 2 nitrogen and oxygen atoms in total.